The summed E-state index contributed by atoms with van der Waals surface area (Å²) in [6, 6.07) is 0.0894. The summed E-state index contributed by atoms with van der Waals surface area (Å²) in [5, 5.41) is 0. The van der Waals surface area contributed by atoms with Gasteiger partial charge >= 0.3 is 5.69 Å². The van der Waals surface area contributed by atoms with Gasteiger partial charge in [-0.25, -0.2) is 4.79 Å². The van der Waals surface area contributed by atoms with Crippen LogP contribution in [-0.4, -0.2) is 62.4 Å². The number of hydrogen-bond donors (Lipinski definition) is 1. The first-order chi connectivity index (χ1) is 15.4. The van der Waals surface area contributed by atoms with Gasteiger partial charge in [0.15, 0.2) is 11.2 Å². The van der Waals surface area contributed by atoms with Crippen LogP contribution in [0.15, 0.2) is 21.2 Å². The summed E-state index contributed by atoms with van der Waals surface area (Å²) in [5.74, 6) is 0.731. The molecule has 32 heavy (non-hydrogen) atoms. The molecule has 0 radical (unpaired) electrons. The zero-order valence-electron chi connectivity index (χ0n) is 19.7. The van der Waals surface area contributed by atoms with Gasteiger partial charge in [0.2, 0.25) is 5.95 Å². The average Bonchev–Trinajstić information content (AvgIpc) is 3.41. The zero-order valence-corrected chi connectivity index (χ0v) is 19.7. The highest BCUT2D eigenvalue weighted by atomic mass is 16.2. The maximum atomic E-state index is 13.6. The molecule has 0 aromatic carbocycles. The highest BCUT2D eigenvalue weighted by molar-refractivity contribution is 5.74. The lowest BCUT2D eigenvalue weighted by Gasteiger charge is -2.31. The summed E-state index contributed by atoms with van der Waals surface area (Å²) in [7, 11) is 1.71. The molecule has 2 aromatic rings. The Kier molecular flexibility index (Phi) is 6.85. The first-order valence-electron chi connectivity index (χ1n) is 11.9. The Hall–Kier alpha value is -2.39. The minimum absolute atomic E-state index is 0.0894. The van der Waals surface area contributed by atoms with E-state index in [1.165, 1.54) is 27.5 Å². The number of rotatable bonds is 7. The van der Waals surface area contributed by atoms with Gasteiger partial charge in [-0.15, -0.1) is 0 Å². The van der Waals surface area contributed by atoms with E-state index in [-0.39, 0.29) is 17.3 Å². The third kappa shape index (κ3) is 4.54. The van der Waals surface area contributed by atoms with E-state index in [2.05, 4.69) is 15.9 Å². The van der Waals surface area contributed by atoms with E-state index in [0.717, 1.165) is 51.4 Å². The van der Waals surface area contributed by atoms with Crippen molar-refractivity contribution in [2.75, 3.05) is 37.6 Å². The fourth-order valence-electron chi connectivity index (χ4n) is 4.90. The second-order valence-electron chi connectivity index (χ2n) is 9.53. The van der Waals surface area contributed by atoms with Gasteiger partial charge in [0, 0.05) is 39.3 Å². The van der Waals surface area contributed by atoms with Gasteiger partial charge in [0.25, 0.3) is 5.56 Å². The predicted octanol–water partition coefficient (Wildman–Crippen LogP) is 1.28. The lowest BCUT2D eigenvalue weighted by atomic mass is 10.1. The fourth-order valence-corrected chi connectivity index (χ4v) is 4.90. The third-order valence-electron chi connectivity index (χ3n) is 6.69. The SMILES string of the molecule is CC(C)=CCn1c(N2CCCC(N)C2)nc2c1c(=O)n(CCCN1CCCC1)c(=O)n2C. The number of imidazole rings is 1. The molecule has 2 aliphatic rings. The Bertz CT molecular complexity index is 1100. The van der Waals surface area contributed by atoms with Gasteiger partial charge in [0.1, 0.15) is 0 Å². The number of aromatic nitrogens is 4. The average molecular weight is 444 g/mol. The molecule has 9 heteroatoms. The number of anilines is 1. The summed E-state index contributed by atoms with van der Waals surface area (Å²) in [4.78, 5) is 36.0. The molecule has 1 unspecified atom stereocenters. The minimum atomic E-state index is -0.294. The molecule has 0 bridgehead atoms. The number of nitrogens with zero attached hydrogens (tertiary/aromatic N) is 6. The Labute approximate surface area is 189 Å². The number of nitrogens with two attached hydrogens (primary N) is 1. The lowest BCUT2D eigenvalue weighted by Crippen LogP contribution is -2.44. The molecule has 2 aromatic heterocycles. The Morgan fingerprint density at radius 2 is 1.84 bits per heavy atom. The minimum Gasteiger partial charge on any atom is -0.341 e. The summed E-state index contributed by atoms with van der Waals surface area (Å²) >= 11 is 0. The Morgan fingerprint density at radius 1 is 1.09 bits per heavy atom. The molecule has 0 spiro atoms. The van der Waals surface area contributed by atoms with Gasteiger partial charge in [-0.3, -0.25) is 13.9 Å². The van der Waals surface area contributed by atoms with E-state index in [4.69, 9.17) is 10.7 Å². The van der Waals surface area contributed by atoms with Crippen LogP contribution in [0.5, 0.6) is 0 Å². The van der Waals surface area contributed by atoms with Crippen LogP contribution < -0.4 is 21.9 Å². The monoisotopic (exact) mass is 443 g/mol. The molecular formula is C23H37N7O2. The van der Waals surface area contributed by atoms with Gasteiger partial charge in [-0.05, 0) is 65.6 Å². The fraction of sp³-hybridized carbons (Fsp3) is 0.696. The first-order valence-corrected chi connectivity index (χ1v) is 11.9. The Balaban J connectivity index is 1.76. The van der Waals surface area contributed by atoms with Crippen molar-refractivity contribution in [3.8, 4) is 0 Å². The van der Waals surface area contributed by atoms with Gasteiger partial charge in [0.05, 0.1) is 0 Å². The maximum absolute atomic E-state index is 13.6. The summed E-state index contributed by atoms with van der Waals surface area (Å²) in [6.45, 7) is 9.76. The van der Waals surface area contributed by atoms with E-state index < -0.39 is 0 Å². The molecule has 0 amide bonds. The largest absolute Gasteiger partial charge is 0.341 e. The lowest BCUT2D eigenvalue weighted by molar-refractivity contribution is 0.323. The highest BCUT2D eigenvalue weighted by Gasteiger charge is 2.26. The number of piperidine rings is 1. The molecule has 4 heterocycles. The number of allylic oxidation sites excluding steroid dienone is 2. The number of fused-ring (bicyclic) bond motifs is 1. The molecule has 9 nitrogen and oxygen atoms in total. The second kappa shape index (κ2) is 9.62. The van der Waals surface area contributed by atoms with E-state index in [9.17, 15) is 9.59 Å². The first kappa shape index (κ1) is 22.8. The number of likely N-dealkylation sites (tertiary alicyclic amines) is 1. The van der Waals surface area contributed by atoms with Crippen molar-refractivity contribution in [3.63, 3.8) is 0 Å². The van der Waals surface area contributed by atoms with Crippen LogP contribution in [0.25, 0.3) is 11.2 Å². The molecule has 4 rings (SSSR count). The second-order valence-corrected chi connectivity index (χ2v) is 9.53. The quantitative estimate of drug-likeness (QED) is 0.648. The van der Waals surface area contributed by atoms with Crippen molar-refractivity contribution >= 4 is 17.1 Å². The van der Waals surface area contributed by atoms with Crippen molar-refractivity contribution in [1.29, 1.82) is 0 Å². The van der Waals surface area contributed by atoms with Crippen LogP contribution in [-0.2, 0) is 20.1 Å². The molecule has 0 saturated carbocycles. The molecule has 2 fully saturated rings. The molecule has 2 aliphatic heterocycles. The van der Waals surface area contributed by atoms with E-state index in [1.807, 2.05) is 18.4 Å². The van der Waals surface area contributed by atoms with Gasteiger partial charge in [-0.2, -0.15) is 4.98 Å². The zero-order chi connectivity index (χ0) is 22.8. The van der Waals surface area contributed by atoms with Crippen LogP contribution in [0.1, 0.15) is 46.0 Å². The van der Waals surface area contributed by atoms with Gasteiger partial charge < -0.3 is 20.1 Å². The molecular weight excluding hydrogens is 406 g/mol. The van der Waals surface area contributed by atoms with E-state index in [0.29, 0.717) is 30.8 Å². The number of aryl methyl sites for hydroxylation is 1. The molecule has 1 atom stereocenters. The van der Waals surface area contributed by atoms with Crippen LogP contribution in [0, 0.1) is 0 Å². The van der Waals surface area contributed by atoms with Crippen molar-refractivity contribution < 1.29 is 0 Å². The van der Waals surface area contributed by atoms with Crippen LogP contribution in [0.2, 0.25) is 0 Å². The molecule has 2 saturated heterocycles. The summed E-state index contributed by atoms with van der Waals surface area (Å²) in [6.07, 6.45) is 7.34. The van der Waals surface area contributed by atoms with Crippen LogP contribution in [0.4, 0.5) is 5.95 Å². The highest BCUT2D eigenvalue weighted by Crippen LogP contribution is 2.23. The van der Waals surface area contributed by atoms with Gasteiger partial charge in [-0.1, -0.05) is 11.6 Å². The summed E-state index contributed by atoms with van der Waals surface area (Å²) < 4.78 is 4.89. The standard InChI is InChI=1S/C23H37N7O2/c1-17(2)9-15-29-19-20(25-22(29)28-13-6-8-18(24)16-28)26(3)23(32)30(21(19)31)14-7-12-27-10-4-5-11-27/h9,18H,4-8,10-16,24H2,1-3H3. The normalized spacial score (nSPS) is 19.8. The molecule has 176 valence electrons. The van der Waals surface area contributed by atoms with Crippen molar-refractivity contribution in [2.45, 2.75) is 65.1 Å². The predicted molar refractivity (Wildman–Crippen MR) is 128 cm³/mol. The molecule has 0 aliphatic carbocycles. The van der Waals surface area contributed by atoms with E-state index >= 15 is 0 Å². The van der Waals surface area contributed by atoms with Crippen LogP contribution >= 0.6 is 0 Å². The van der Waals surface area contributed by atoms with Crippen molar-refractivity contribution in [2.24, 2.45) is 12.8 Å². The maximum Gasteiger partial charge on any atom is 0.332 e. The molecule has 2 N–H and O–H groups in total. The topological polar surface area (TPSA) is 94.3 Å². The van der Waals surface area contributed by atoms with Crippen LogP contribution in [0.3, 0.4) is 0 Å². The van der Waals surface area contributed by atoms with Crippen molar-refractivity contribution in [3.05, 3.63) is 32.5 Å². The number of hydrogen-bond acceptors (Lipinski definition) is 6. The Morgan fingerprint density at radius 3 is 2.53 bits per heavy atom. The smallest absolute Gasteiger partial charge is 0.332 e. The van der Waals surface area contributed by atoms with Crippen molar-refractivity contribution in [1.82, 2.24) is 23.6 Å². The van der Waals surface area contributed by atoms with E-state index in [1.54, 1.807) is 7.05 Å². The third-order valence-corrected chi connectivity index (χ3v) is 6.69. The summed E-state index contributed by atoms with van der Waals surface area (Å²) in [5.41, 5.74) is 7.81.